The molecule has 1 aromatic rings. The Labute approximate surface area is 147 Å². The van der Waals surface area contributed by atoms with Crippen LogP contribution in [0.1, 0.15) is 37.7 Å². The first-order valence-corrected chi connectivity index (χ1v) is 9.65. The third kappa shape index (κ3) is 2.91. The highest BCUT2D eigenvalue weighted by atomic mass is 16.5. The minimum absolute atomic E-state index is 0.238. The Balaban J connectivity index is 1.43. The van der Waals surface area contributed by atoms with E-state index < -0.39 is 0 Å². The Morgan fingerprint density at radius 1 is 1.04 bits per heavy atom. The molecule has 0 amide bonds. The molecule has 3 nitrogen and oxygen atoms in total. The fourth-order valence-electron chi connectivity index (χ4n) is 5.28. The highest BCUT2D eigenvalue weighted by Crippen LogP contribution is 2.51. The fraction of sp³-hybridized carbons (Fsp3) is 0.714. The normalized spacial score (nSPS) is 34.8. The predicted molar refractivity (Wildman–Crippen MR) is 98.1 cm³/mol. The van der Waals surface area contributed by atoms with Gasteiger partial charge in [0.1, 0.15) is 0 Å². The first-order chi connectivity index (χ1) is 11.6. The Bertz CT molecular complexity index is 544. The van der Waals surface area contributed by atoms with Crippen LogP contribution in [0, 0.1) is 11.3 Å². The molecule has 2 heterocycles. The van der Waals surface area contributed by atoms with Gasteiger partial charge in [-0.2, -0.15) is 0 Å². The molecule has 4 rings (SSSR count). The Morgan fingerprint density at radius 3 is 2.33 bits per heavy atom. The maximum atomic E-state index is 5.35. The van der Waals surface area contributed by atoms with Crippen LogP contribution in [0.4, 0.5) is 0 Å². The van der Waals surface area contributed by atoms with Crippen molar-refractivity contribution in [1.82, 2.24) is 9.80 Å². The van der Waals surface area contributed by atoms with Gasteiger partial charge in [0.15, 0.2) is 0 Å². The standard InChI is InChI=1S/C21H32N2O/c1-22(2)21(19-6-4-3-5-7-19)10-8-20(9-11-21)12-13-23(17-20)14-18-15-24-16-18/h3-7,18H,8-17H2,1-2H3. The smallest absolute Gasteiger partial charge is 0.0528 e. The monoisotopic (exact) mass is 328 g/mol. The summed E-state index contributed by atoms with van der Waals surface area (Å²) in [5.41, 5.74) is 2.33. The summed E-state index contributed by atoms with van der Waals surface area (Å²) in [7, 11) is 4.53. The van der Waals surface area contributed by atoms with Gasteiger partial charge in [-0.15, -0.1) is 0 Å². The molecule has 1 aliphatic carbocycles. The van der Waals surface area contributed by atoms with Crippen LogP contribution in [0.3, 0.4) is 0 Å². The van der Waals surface area contributed by atoms with E-state index in [2.05, 4.69) is 54.2 Å². The Hall–Kier alpha value is -0.900. The van der Waals surface area contributed by atoms with Crippen molar-refractivity contribution >= 4 is 0 Å². The molecule has 0 N–H and O–H groups in total. The number of rotatable bonds is 4. The minimum Gasteiger partial charge on any atom is -0.381 e. The highest BCUT2D eigenvalue weighted by molar-refractivity contribution is 5.26. The summed E-state index contributed by atoms with van der Waals surface area (Å²) in [6.45, 7) is 5.86. The van der Waals surface area contributed by atoms with Crippen molar-refractivity contribution in [1.29, 1.82) is 0 Å². The van der Waals surface area contributed by atoms with E-state index in [-0.39, 0.29) is 5.54 Å². The van der Waals surface area contributed by atoms with E-state index in [4.69, 9.17) is 4.74 Å². The summed E-state index contributed by atoms with van der Waals surface area (Å²) in [4.78, 5) is 5.20. The van der Waals surface area contributed by atoms with Gasteiger partial charge in [0.25, 0.3) is 0 Å². The van der Waals surface area contributed by atoms with Gasteiger partial charge < -0.3 is 9.64 Å². The van der Waals surface area contributed by atoms with Crippen molar-refractivity contribution in [2.75, 3.05) is 46.9 Å². The van der Waals surface area contributed by atoms with Gasteiger partial charge in [0.05, 0.1) is 13.2 Å². The quantitative estimate of drug-likeness (QED) is 0.843. The third-order valence-corrected chi connectivity index (χ3v) is 7.05. The second-order valence-electron chi connectivity index (χ2n) is 8.68. The third-order valence-electron chi connectivity index (χ3n) is 7.05. The van der Waals surface area contributed by atoms with E-state index in [1.54, 1.807) is 0 Å². The number of hydrogen-bond acceptors (Lipinski definition) is 3. The van der Waals surface area contributed by atoms with Crippen molar-refractivity contribution in [3.63, 3.8) is 0 Å². The fourth-order valence-corrected chi connectivity index (χ4v) is 5.28. The molecule has 24 heavy (non-hydrogen) atoms. The molecular weight excluding hydrogens is 296 g/mol. The van der Waals surface area contributed by atoms with Crippen LogP contribution in [0.5, 0.6) is 0 Å². The van der Waals surface area contributed by atoms with Gasteiger partial charge in [-0.25, -0.2) is 0 Å². The van der Waals surface area contributed by atoms with Crippen molar-refractivity contribution in [2.24, 2.45) is 11.3 Å². The maximum Gasteiger partial charge on any atom is 0.0528 e. The molecule has 132 valence electrons. The van der Waals surface area contributed by atoms with Crippen molar-refractivity contribution < 1.29 is 4.74 Å². The molecule has 3 aliphatic rings. The van der Waals surface area contributed by atoms with Gasteiger partial charge in [-0.1, -0.05) is 30.3 Å². The lowest BCUT2D eigenvalue weighted by molar-refractivity contribution is -0.0461. The summed E-state index contributed by atoms with van der Waals surface area (Å²) >= 11 is 0. The first-order valence-electron chi connectivity index (χ1n) is 9.65. The van der Waals surface area contributed by atoms with Gasteiger partial charge in [0, 0.05) is 24.5 Å². The average molecular weight is 329 g/mol. The molecule has 1 spiro atoms. The van der Waals surface area contributed by atoms with Crippen LogP contribution in [0.2, 0.25) is 0 Å². The molecule has 3 heteroatoms. The predicted octanol–water partition coefficient (Wildman–Crippen LogP) is 3.36. The SMILES string of the molecule is CN(C)C1(c2ccccc2)CCC2(CCN(CC3COC3)C2)CC1. The molecule has 0 unspecified atom stereocenters. The van der Waals surface area contributed by atoms with E-state index in [1.165, 1.54) is 57.3 Å². The molecule has 2 saturated heterocycles. The zero-order chi connectivity index (χ0) is 16.6. The molecule has 0 bridgehead atoms. The molecule has 0 radical (unpaired) electrons. The molecule has 0 atom stereocenters. The van der Waals surface area contributed by atoms with E-state index in [0.717, 1.165) is 19.1 Å². The Morgan fingerprint density at radius 2 is 1.75 bits per heavy atom. The zero-order valence-electron chi connectivity index (χ0n) is 15.3. The van der Waals surface area contributed by atoms with E-state index >= 15 is 0 Å². The lowest BCUT2D eigenvalue weighted by Gasteiger charge is -2.49. The lowest BCUT2D eigenvalue weighted by atomic mass is 9.64. The maximum absolute atomic E-state index is 5.35. The number of nitrogens with zero attached hydrogens (tertiary/aromatic N) is 2. The molecule has 1 aromatic carbocycles. The van der Waals surface area contributed by atoms with Crippen LogP contribution in [0.15, 0.2) is 30.3 Å². The molecule has 1 saturated carbocycles. The van der Waals surface area contributed by atoms with E-state index in [9.17, 15) is 0 Å². The van der Waals surface area contributed by atoms with Crippen LogP contribution >= 0.6 is 0 Å². The van der Waals surface area contributed by atoms with Crippen molar-refractivity contribution in [2.45, 2.75) is 37.6 Å². The average Bonchev–Trinajstić information content (AvgIpc) is 2.95. The second-order valence-corrected chi connectivity index (χ2v) is 8.68. The lowest BCUT2D eigenvalue weighted by Crippen LogP contribution is -2.47. The second kappa shape index (κ2) is 6.44. The zero-order valence-corrected chi connectivity index (χ0v) is 15.3. The molecular formula is C21H32N2O. The summed E-state index contributed by atoms with van der Waals surface area (Å²) in [5.74, 6) is 0.800. The van der Waals surface area contributed by atoms with E-state index in [1.807, 2.05) is 0 Å². The summed E-state index contributed by atoms with van der Waals surface area (Å²) < 4.78 is 5.35. The van der Waals surface area contributed by atoms with Crippen molar-refractivity contribution in [3.8, 4) is 0 Å². The number of ether oxygens (including phenoxy) is 1. The number of benzene rings is 1. The minimum atomic E-state index is 0.238. The van der Waals surface area contributed by atoms with E-state index in [0.29, 0.717) is 5.41 Å². The summed E-state index contributed by atoms with van der Waals surface area (Å²) in [6.07, 6.45) is 6.74. The Kier molecular flexibility index (Phi) is 4.44. The summed E-state index contributed by atoms with van der Waals surface area (Å²) in [5, 5.41) is 0. The first kappa shape index (κ1) is 16.6. The molecule has 2 aliphatic heterocycles. The molecule has 0 aromatic heterocycles. The van der Waals surface area contributed by atoms with Crippen LogP contribution in [0.25, 0.3) is 0 Å². The number of likely N-dealkylation sites (tertiary alicyclic amines) is 1. The van der Waals surface area contributed by atoms with Gasteiger partial charge in [-0.3, -0.25) is 4.90 Å². The van der Waals surface area contributed by atoms with Gasteiger partial charge in [0.2, 0.25) is 0 Å². The van der Waals surface area contributed by atoms with Gasteiger partial charge in [-0.05, 0) is 63.7 Å². The largest absolute Gasteiger partial charge is 0.381 e. The number of hydrogen-bond donors (Lipinski definition) is 0. The van der Waals surface area contributed by atoms with Crippen molar-refractivity contribution in [3.05, 3.63) is 35.9 Å². The summed E-state index contributed by atoms with van der Waals surface area (Å²) in [6, 6.07) is 11.2. The molecule has 3 fully saturated rings. The van der Waals surface area contributed by atoms with Crippen LogP contribution < -0.4 is 0 Å². The highest BCUT2D eigenvalue weighted by Gasteiger charge is 2.47. The topological polar surface area (TPSA) is 15.7 Å². The van der Waals surface area contributed by atoms with Crippen LogP contribution in [-0.2, 0) is 10.3 Å². The van der Waals surface area contributed by atoms with Gasteiger partial charge >= 0.3 is 0 Å². The van der Waals surface area contributed by atoms with Crippen LogP contribution in [-0.4, -0.2) is 56.7 Å².